The summed E-state index contributed by atoms with van der Waals surface area (Å²) in [4.78, 5) is 0. The number of hydrazone groups is 1. The summed E-state index contributed by atoms with van der Waals surface area (Å²) in [5.41, 5.74) is 6.87. The maximum absolute atomic E-state index is 10.8. The van der Waals surface area contributed by atoms with Crippen molar-refractivity contribution in [1.82, 2.24) is 0 Å². The van der Waals surface area contributed by atoms with Gasteiger partial charge in [0.05, 0.1) is 17.5 Å². The molecule has 0 fully saturated rings. The van der Waals surface area contributed by atoms with Crippen molar-refractivity contribution in [3.63, 3.8) is 0 Å². The van der Waals surface area contributed by atoms with E-state index in [0.29, 0.717) is 18.6 Å². The number of nitrogens with one attached hydrogen (secondary N) is 1. The molecule has 0 aliphatic rings. The molecular formula is C22H21BrN2O. The molecule has 0 bridgehead atoms. The first-order chi connectivity index (χ1) is 12.7. The minimum atomic E-state index is -0.652. The van der Waals surface area contributed by atoms with Crippen LogP contribution in [0.2, 0.25) is 0 Å². The van der Waals surface area contributed by atoms with Gasteiger partial charge in [0.25, 0.3) is 0 Å². The van der Waals surface area contributed by atoms with Crippen LogP contribution < -0.4 is 5.43 Å². The molecule has 0 spiro atoms. The molecular weight excluding hydrogens is 388 g/mol. The quantitative estimate of drug-likeness (QED) is 0.423. The SMILES string of the molecule is OC(Cc1ccccc1)C(Cc1ccccc1)=NNc1ccc(Br)cc1. The lowest BCUT2D eigenvalue weighted by Gasteiger charge is -2.15. The van der Waals surface area contributed by atoms with Gasteiger partial charge in [0.2, 0.25) is 0 Å². The number of aliphatic hydroxyl groups excluding tert-OH is 1. The van der Waals surface area contributed by atoms with Crippen LogP contribution in [0.3, 0.4) is 0 Å². The van der Waals surface area contributed by atoms with Gasteiger partial charge in [0.15, 0.2) is 0 Å². The standard InChI is InChI=1S/C22H21BrN2O/c23-19-11-13-20(14-12-19)24-25-21(15-17-7-3-1-4-8-17)22(26)16-18-9-5-2-6-10-18/h1-14,22,24,26H,15-16H2. The van der Waals surface area contributed by atoms with Gasteiger partial charge in [-0.1, -0.05) is 76.6 Å². The van der Waals surface area contributed by atoms with Gasteiger partial charge in [0, 0.05) is 17.3 Å². The van der Waals surface area contributed by atoms with Crippen LogP contribution in [0.5, 0.6) is 0 Å². The molecule has 1 atom stereocenters. The van der Waals surface area contributed by atoms with Gasteiger partial charge in [-0.2, -0.15) is 5.10 Å². The molecule has 3 aromatic carbocycles. The summed E-state index contributed by atoms with van der Waals surface area (Å²) in [5.74, 6) is 0. The highest BCUT2D eigenvalue weighted by Crippen LogP contribution is 2.15. The molecule has 4 heteroatoms. The average molecular weight is 409 g/mol. The van der Waals surface area contributed by atoms with E-state index >= 15 is 0 Å². The maximum atomic E-state index is 10.8. The summed E-state index contributed by atoms with van der Waals surface area (Å²) in [6, 6.07) is 27.8. The second kappa shape index (κ2) is 9.32. The Morgan fingerprint density at radius 3 is 2.04 bits per heavy atom. The van der Waals surface area contributed by atoms with E-state index in [-0.39, 0.29) is 0 Å². The highest BCUT2D eigenvalue weighted by Gasteiger charge is 2.14. The molecule has 0 saturated heterocycles. The predicted octanol–water partition coefficient (Wildman–Crippen LogP) is 5.06. The van der Waals surface area contributed by atoms with Crippen molar-refractivity contribution in [2.45, 2.75) is 18.9 Å². The zero-order chi connectivity index (χ0) is 18.2. The van der Waals surface area contributed by atoms with Crippen LogP contribution in [0.1, 0.15) is 11.1 Å². The van der Waals surface area contributed by atoms with E-state index in [1.807, 2.05) is 84.9 Å². The van der Waals surface area contributed by atoms with Crippen molar-refractivity contribution in [1.29, 1.82) is 0 Å². The Morgan fingerprint density at radius 2 is 1.42 bits per heavy atom. The molecule has 0 amide bonds. The predicted molar refractivity (Wildman–Crippen MR) is 111 cm³/mol. The number of hydrogen-bond acceptors (Lipinski definition) is 3. The van der Waals surface area contributed by atoms with Crippen LogP contribution >= 0.6 is 15.9 Å². The minimum Gasteiger partial charge on any atom is -0.387 e. The van der Waals surface area contributed by atoms with Crippen molar-refractivity contribution in [2.75, 3.05) is 5.43 Å². The third-order valence-corrected chi connectivity index (χ3v) is 4.59. The molecule has 26 heavy (non-hydrogen) atoms. The van der Waals surface area contributed by atoms with E-state index in [1.165, 1.54) is 0 Å². The van der Waals surface area contributed by atoms with Crippen molar-refractivity contribution >= 4 is 27.3 Å². The van der Waals surface area contributed by atoms with Gasteiger partial charge in [-0.25, -0.2) is 0 Å². The number of halogens is 1. The van der Waals surface area contributed by atoms with Crippen LogP contribution in [-0.2, 0) is 12.8 Å². The highest BCUT2D eigenvalue weighted by molar-refractivity contribution is 9.10. The van der Waals surface area contributed by atoms with Crippen LogP contribution in [0, 0.1) is 0 Å². The maximum Gasteiger partial charge on any atom is 0.0982 e. The van der Waals surface area contributed by atoms with Crippen molar-refractivity contribution < 1.29 is 5.11 Å². The lowest BCUT2D eigenvalue weighted by atomic mass is 9.99. The summed E-state index contributed by atoms with van der Waals surface area (Å²) in [6.07, 6.45) is 0.480. The Bertz CT molecular complexity index is 833. The summed E-state index contributed by atoms with van der Waals surface area (Å²) in [5, 5.41) is 15.3. The van der Waals surface area contributed by atoms with Gasteiger partial charge in [-0.3, -0.25) is 5.43 Å². The molecule has 2 N–H and O–H groups in total. The minimum absolute atomic E-state index is 0.536. The molecule has 1 unspecified atom stereocenters. The Kier molecular flexibility index (Phi) is 6.58. The number of nitrogens with zero attached hydrogens (tertiary/aromatic N) is 1. The smallest absolute Gasteiger partial charge is 0.0982 e. The van der Waals surface area contributed by atoms with Gasteiger partial charge in [-0.15, -0.1) is 0 Å². The fourth-order valence-electron chi connectivity index (χ4n) is 2.65. The summed E-state index contributed by atoms with van der Waals surface area (Å²) in [6.45, 7) is 0. The average Bonchev–Trinajstić information content (AvgIpc) is 2.68. The Morgan fingerprint density at radius 1 is 0.846 bits per heavy atom. The van der Waals surface area contributed by atoms with Gasteiger partial charge < -0.3 is 5.11 Å². The van der Waals surface area contributed by atoms with Gasteiger partial charge in [0.1, 0.15) is 0 Å². The summed E-state index contributed by atoms with van der Waals surface area (Å²) >= 11 is 3.43. The second-order valence-corrected chi connectivity index (χ2v) is 7.01. The van der Waals surface area contributed by atoms with Crippen LogP contribution in [0.15, 0.2) is 94.5 Å². The largest absolute Gasteiger partial charge is 0.387 e. The highest BCUT2D eigenvalue weighted by atomic mass is 79.9. The molecule has 0 heterocycles. The number of benzene rings is 3. The third kappa shape index (κ3) is 5.55. The first-order valence-corrected chi connectivity index (χ1v) is 9.34. The van der Waals surface area contributed by atoms with E-state index in [1.54, 1.807) is 0 Å². The topological polar surface area (TPSA) is 44.6 Å². The molecule has 3 nitrogen and oxygen atoms in total. The molecule has 0 aliphatic carbocycles. The Hall–Kier alpha value is -2.43. The zero-order valence-electron chi connectivity index (χ0n) is 14.3. The normalized spacial score (nSPS) is 12.6. The summed E-state index contributed by atoms with van der Waals surface area (Å²) < 4.78 is 1.01. The van der Waals surface area contributed by atoms with E-state index < -0.39 is 6.10 Å². The van der Waals surface area contributed by atoms with E-state index in [4.69, 9.17) is 0 Å². The number of hydrogen-bond donors (Lipinski definition) is 2. The lowest BCUT2D eigenvalue weighted by Crippen LogP contribution is -2.26. The third-order valence-electron chi connectivity index (χ3n) is 4.06. The molecule has 0 aliphatic heterocycles. The van der Waals surface area contributed by atoms with Crippen molar-refractivity contribution in [3.8, 4) is 0 Å². The first-order valence-electron chi connectivity index (χ1n) is 8.54. The molecule has 3 aromatic rings. The Labute approximate surface area is 162 Å². The molecule has 0 saturated carbocycles. The zero-order valence-corrected chi connectivity index (χ0v) is 15.9. The number of anilines is 1. The van der Waals surface area contributed by atoms with E-state index in [0.717, 1.165) is 21.3 Å². The second-order valence-electron chi connectivity index (χ2n) is 6.09. The van der Waals surface area contributed by atoms with Gasteiger partial charge in [-0.05, 0) is 35.4 Å². The van der Waals surface area contributed by atoms with Gasteiger partial charge >= 0.3 is 0 Å². The van der Waals surface area contributed by atoms with Crippen LogP contribution in [0.25, 0.3) is 0 Å². The fraction of sp³-hybridized carbons (Fsp3) is 0.136. The molecule has 0 radical (unpaired) electrons. The molecule has 3 rings (SSSR count). The number of aliphatic hydroxyl groups is 1. The fourth-order valence-corrected chi connectivity index (χ4v) is 2.92. The van der Waals surface area contributed by atoms with Crippen LogP contribution in [-0.4, -0.2) is 16.9 Å². The van der Waals surface area contributed by atoms with Crippen molar-refractivity contribution in [2.24, 2.45) is 5.10 Å². The first kappa shape index (κ1) is 18.4. The van der Waals surface area contributed by atoms with Crippen LogP contribution in [0.4, 0.5) is 5.69 Å². The lowest BCUT2D eigenvalue weighted by molar-refractivity contribution is 0.240. The number of rotatable bonds is 7. The Balaban J connectivity index is 1.78. The molecule has 132 valence electrons. The van der Waals surface area contributed by atoms with Crippen molar-refractivity contribution in [3.05, 3.63) is 101 Å². The molecule has 0 aromatic heterocycles. The summed E-state index contributed by atoms with van der Waals surface area (Å²) in [7, 11) is 0. The monoisotopic (exact) mass is 408 g/mol. The van der Waals surface area contributed by atoms with E-state index in [2.05, 4.69) is 26.5 Å². The van der Waals surface area contributed by atoms with E-state index in [9.17, 15) is 5.11 Å².